The number of rotatable bonds is 6. The number of carbonyl (C=O) groups is 2. The molecular formula is C22H33N3O3. The summed E-state index contributed by atoms with van der Waals surface area (Å²) < 4.78 is 5.30. The Hall–Kier alpha value is -2.08. The lowest BCUT2D eigenvalue weighted by molar-refractivity contribution is -0.147. The number of likely N-dealkylation sites (tertiary alicyclic amines) is 2. The van der Waals surface area contributed by atoms with Gasteiger partial charge in [0.2, 0.25) is 11.8 Å². The highest BCUT2D eigenvalue weighted by Gasteiger charge is 2.49. The van der Waals surface area contributed by atoms with E-state index in [9.17, 15) is 9.59 Å². The Morgan fingerprint density at radius 1 is 1.29 bits per heavy atom. The van der Waals surface area contributed by atoms with E-state index in [0.29, 0.717) is 32.2 Å². The summed E-state index contributed by atoms with van der Waals surface area (Å²) in [4.78, 5) is 31.9. The maximum atomic E-state index is 13.4. The second-order valence-corrected chi connectivity index (χ2v) is 8.54. The molecule has 2 saturated heterocycles. The smallest absolute Gasteiger partial charge is 0.236 e. The predicted molar refractivity (Wildman–Crippen MR) is 109 cm³/mol. The number of benzene rings is 1. The molecule has 28 heavy (non-hydrogen) atoms. The predicted octanol–water partition coefficient (Wildman–Crippen LogP) is 2.38. The van der Waals surface area contributed by atoms with Crippen LogP contribution < -0.4 is 4.74 Å². The summed E-state index contributed by atoms with van der Waals surface area (Å²) in [5, 5.41) is 0. The maximum Gasteiger partial charge on any atom is 0.236 e. The molecule has 0 radical (unpaired) electrons. The Morgan fingerprint density at radius 2 is 2.07 bits per heavy atom. The van der Waals surface area contributed by atoms with Gasteiger partial charge in [-0.25, -0.2) is 0 Å². The molecule has 2 amide bonds. The number of likely N-dealkylation sites (N-methyl/N-ethyl adjacent to an activating group) is 1. The minimum Gasteiger partial charge on any atom is -0.497 e. The quantitative estimate of drug-likeness (QED) is 0.752. The average Bonchev–Trinajstić information content (AvgIpc) is 3.11. The fraction of sp³-hybridized carbons (Fsp3) is 0.636. The molecular weight excluding hydrogens is 354 g/mol. The Bertz CT molecular complexity index is 721. The van der Waals surface area contributed by atoms with E-state index in [4.69, 9.17) is 4.74 Å². The number of ether oxygens (including phenoxy) is 1. The highest BCUT2D eigenvalue weighted by Crippen LogP contribution is 2.40. The Morgan fingerprint density at radius 3 is 2.79 bits per heavy atom. The standard InChI is InChI=1S/C22H33N3O3/c1-17(2)23(3)15-20(26)25-12-10-22(16-25)9-6-11-24(21(22)27)14-18-7-5-8-19(13-18)28-4/h5,7-8,13,17H,6,9-12,14-16H2,1-4H3/t22-/m0/s1. The monoisotopic (exact) mass is 387 g/mol. The van der Waals surface area contributed by atoms with Crippen LogP contribution in [-0.2, 0) is 16.1 Å². The second kappa shape index (κ2) is 8.52. The molecule has 6 heteroatoms. The molecule has 2 aliphatic heterocycles. The largest absolute Gasteiger partial charge is 0.497 e. The topological polar surface area (TPSA) is 53.1 Å². The lowest BCUT2D eigenvalue weighted by Gasteiger charge is -2.39. The number of nitrogens with zero attached hydrogens (tertiary/aromatic N) is 3. The zero-order valence-corrected chi connectivity index (χ0v) is 17.6. The van der Waals surface area contributed by atoms with Gasteiger partial charge in [0.1, 0.15) is 5.75 Å². The molecule has 2 aliphatic rings. The van der Waals surface area contributed by atoms with Gasteiger partial charge in [0, 0.05) is 32.2 Å². The van der Waals surface area contributed by atoms with Crippen LogP contribution in [-0.4, -0.2) is 72.9 Å². The number of hydrogen-bond acceptors (Lipinski definition) is 4. The summed E-state index contributed by atoms with van der Waals surface area (Å²) >= 11 is 0. The van der Waals surface area contributed by atoms with Crippen molar-refractivity contribution in [3.63, 3.8) is 0 Å². The van der Waals surface area contributed by atoms with Crippen molar-refractivity contribution in [2.45, 2.75) is 45.7 Å². The van der Waals surface area contributed by atoms with Crippen LogP contribution in [0.2, 0.25) is 0 Å². The van der Waals surface area contributed by atoms with Crippen LogP contribution in [0.4, 0.5) is 0 Å². The molecule has 154 valence electrons. The van der Waals surface area contributed by atoms with Gasteiger partial charge in [-0.15, -0.1) is 0 Å². The summed E-state index contributed by atoms with van der Waals surface area (Å²) in [6.07, 6.45) is 2.64. The lowest BCUT2D eigenvalue weighted by Crippen LogP contribution is -2.50. The molecule has 0 N–H and O–H groups in total. The number of amides is 2. The molecule has 1 spiro atoms. The summed E-state index contributed by atoms with van der Waals surface area (Å²) in [7, 11) is 3.62. The minimum absolute atomic E-state index is 0.130. The van der Waals surface area contributed by atoms with Crippen molar-refractivity contribution in [1.82, 2.24) is 14.7 Å². The third-order valence-corrected chi connectivity index (χ3v) is 6.30. The van der Waals surface area contributed by atoms with Crippen LogP contribution in [0.25, 0.3) is 0 Å². The van der Waals surface area contributed by atoms with Gasteiger partial charge < -0.3 is 14.5 Å². The average molecular weight is 388 g/mol. The van der Waals surface area contributed by atoms with Gasteiger partial charge in [0.15, 0.2) is 0 Å². The summed E-state index contributed by atoms with van der Waals surface area (Å²) in [6.45, 7) is 7.20. The Kier molecular flexibility index (Phi) is 6.28. The van der Waals surface area contributed by atoms with Gasteiger partial charge in [-0.3, -0.25) is 14.5 Å². The van der Waals surface area contributed by atoms with E-state index >= 15 is 0 Å². The van der Waals surface area contributed by atoms with Crippen LogP contribution in [0.5, 0.6) is 5.75 Å². The van der Waals surface area contributed by atoms with Crippen molar-refractivity contribution in [3.8, 4) is 5.75 Å². The van der Waals surface area contributed by atoms with Crippen LogP contribution >= 0.6 is 0 Å². The van der Waals surface area contributed by atoms with Crippen molar-refractivity contribution in [1.29, 1.82) is 0 Å². The molecule has 0 unspecified atom stereocenters. The third-order valence-electron chi connectivity index (χ3n) is 6.30. The van der Waals surface area contributed by atoms with Crippen molar-refractivity contribution in [2.24, 2.45) is 5.41 Å². The first kappa shape index (κ1) is 20.6. The molecule has 0 aromatic heterocycles. The highest BCUT2D eigenvalue weighted by molar-refractivity contribution is 5.86. The van der Waals surface area contributed by atoms with E-state index in [0.717, 1.165) is 37.1 Å². The van der Waals surface area contributed by atoms with Crippen LogP contribution in [0.3, 0.4) is 0 Å². The van der Waals surface area contributed by atoms with Crippen LogP contribution in [0, 0.1) is 5.41 Å². The first-order valence-corrected chi connectivity index (χ1v) is 10.2. The van der Waals surface area contributed by atoms with E-state index in [-0.39, 0.29) is 11.8 Å². The molecule has 1 aromatic carbocycles. The van der Waals surface area contributed by atoms with E-state index in [1.807, 2.05) is 46.0 Å². The molecule has 2 fully saturated rings. The number of methoxy groups -OCH3 is 1. The normalized spacial score (nSPS) is 22.6. The molecule has 6 nitrogen and oxygen atoms in total. The molecule has 0 aliphatic carbocycles. The zero-order valence-electron chi connectivity index (χ0n) is 17.6. The van der Waals surface area contributed by atoms with Crippen molar-refractivity contribution < 1.29 is 14.3 Å². The van der Waals surface area contributed by atoms with Gasteiger partial charge in [-0.2, -0.15) is 0 Å². The van der Waals surface area contributed by atoms with E-state index in [1.54, 1.807) is 7.11 Å². The van der Waals surface area contributed by atoms with Gasteiger partial charge in [0.25, 0.3) is 0 Å². The van der Waals surface area contributed by atoms with Crippen molar-refractivity contribution >= 4 is 11.8 Å². The number of carbonyl (C=O) groups excluding carboxylic acids is 2. The van der Waals surface area contributed by atoms with Gasteiger partial charge >= 0.3 is 0 Å². The van der Waals surface area contributed by atoms with Gasteiger partial charge in [-0.1, -0.05) is 12.1 Å². The molecule has 2 heterocycles. The molecule has 1 atom stereocenters. The lowest BCUT2D eigenvalue weighted by atomic mass is 9.78. The van der Waals surface area contributed by atoms with E-state index in [1.165, 1.54) is 0 Å². The minimum atomic E-state index is -0.400. The second-order valence-electron chi connectivity index (χ2n) is 8.54. The van der Waals surface area contributed by atoms with E-state index < -0.39 is 5.41 Å². The fourth-order valence-electron chi connectivity index (χ4n) is 4.25. The first-order chi connectivity index (χ1) is 13.3. The summed E-state index contributed by atoms with van der Waals surface area (Å²) in [5.74, 6) is 1.14. The van der Waals surface area contributed by atoms with E-state index in [2.05, 4.69) is 13.8 Å². The summed E-state index contributed by atoms with van der Waals surface area (Å²) in [5.41, 5.74) is 0.678. The van der Waals surface area contributed by atoms with Crippen LogP contribution in [0.1, 0.15) is 38.7 Å². The summed E-state index contributed by atoms with van der Waals surface area (Å²) in [6, 6.07) is 8.22. The molecule has 3 rings (SSSR count). The highest BCUT2D eigenvalue weighted by atomic mass is 16.5. The first-order valence-electron chi connectivity index (χ1n) is 10.2. The van der Waals surface area contributed by atoms with Gasteiger partial charge in [-0.05, 0) is 57.9 Å². The van der Waals surface area contributed by atoms with Crippen molar-refractivity contribution in [3.05, 3.63) is 29.8 Å². The third kappa shape index (κ3) is 4.32. The molecule has 0 bridgehead atoms. The van der Waals surface area contributed by atoms with Crippen LogP contribution in [0.15, 0.2) is 24.3 Å². The fourth-order valence-corrected chi connectivity index (χ4v) is 4.25. The Balaban J connectivity index is 1.66. The SMILES string of the molecule is COc1cccc(CN2CCC[C@@]3(CCN(C(=O)CN(C)C(C)C)C3)C2=O)c1. The zero-order chi connectivity index (χ0) is 20.3. The number of hydrogen-bond donors (Lipinski definition) is 0. The van der Waals surface area contributed by atoms with Crippen molar-refractivity contribution in [2.75, 3.05) is 40.3 Å². The molecule has 0 saturated carbocycles. The Labute approximate surface area is 168 Å². The maximum absolute atomic E-state index is 13.4. The molecule has 1 aromatic rings. The van der Waals surface area contributed by atoms with Gasteiger partial charge in [0.05, 0.1) is 19.1 Å². The number of piperidine rings is 1.